The maximum Gasteiger partial charge on any atom is 0.272 e. The minimum absolute atomic E-state index is 0.0320. The van der Waals surface area contributed by atoms with Crippen molar-refractivity contribution < 1.29 is 48.3 Å². The van der Waals surface area contributed by atoms with Gasteiger partial charge in [0.2, 0.25) is 29.5 Å². The van der Waals surface area contributed by atoms with Gasteiger partial charge in [-0.25, -0.2) is 4.98 Å². The van der Waals surface area contributed by atoms with Gasteiger partial charge in [0.05, 0.1) is 23.5 Å². The van der Waals surface area contributed by atoms with Crippen molar-refractivity contribution in [2.24, 2.45) is 29.1 Å². The summed E-state index contributed by atoms with van der Waals surface area (Å²) >= 11 is 0. The van der Waals surface area contributed by atoms with Crippen LogP contribution in [0.4, 0.5) is 0 Å². The number of fused-ring (bicyclic) bond motifs is 1. The largest absolute Gasteiger partial charge is 0.381 e. The lowest BCUT2D eigenvalue weighted by atomic mass is 9.82. The molecule has 3 aromatic rings. The highest BCUT2D eigenvalue weighted by Gasteiger charge is 2.53. The number of hydrogen-bond donors (Lipinski definition) is 6. The van der Waals surface area contributed by atoms with E-state index < -0.39 is 89.0 Å². The maximum absolute atomic E-state index is 15.0. The molecule has 1 aromatic heterocycles. The predicted molar refractivity (Wildman–Crippen MR) is 295 cm³/mol. The molecular formula is C61H79N9O10. The van der Waals surface area contributed by atoms with Gasteiger partial charge < -0.3 is 31.3 Å². The van der Waals surface area contributed by atoms with Crippen molar-refractivity contribution in [1.29, 1.82) is 0 Å². The maximum atomic E-state index is 15.0. The lowest BCUT2D eigenvalue weighted by Gasteiger charge is -2.38. The quantitative estimate of drug-likeness (QED) is 0.0703. The van der Waals surface area contributed by atoms with Gasteiger partial charge in [-0.05, 0) is 123 Å². The Morgan fingerprint density at radius 3 is 2.27 bits per heavy atom. The van der Waals surface area contributed by atoms with Gasteiger partial charge in [0.25, 0.3) is 23.6 Å². The molecule has 9 amide bonds. The molecule has 4 aliphatic carbocycles. The highest BCUT2D eigenvalue weighted by atomic mass is 16.3. The number of amides is 9. The molecule has 80 heavy (non-hydrogen) atoms. The van der Waals surface area contributed by atoms with Crippen molar-refractivity contribution in [3.8, 4) is 0 Å². The number of nitrogens with zero attached hydrogens (tertiary/aromatic N) is 4. The van der Waals surface area contributed by atoms with Crippen molar-refractivity contribution in [2.75, 3.05) is 6.54 Å². The Labute approximate surface area is 467 Å². The van der Waals surface area contributed by atoms with E-state index in [0.29, 0.717) is 55.2 Å². The number of hydrogen-bond acceptors (Lipinski definition) is 12. The van der Waals surface area contributed by atoms with Gasteiger partial charge in [0, 0.05) is 42.1 Å². The minimum Gasteiger partial charge on any atom is -0.381 e. The fourth-order valence-electron chi connectivity index (χ4n) is 14.0. The number of carbonyl (C=O) groups is 9. The molecule has 4 unspecified atom stereocenters. The summed E-state index contributed by atoms with van der Waals surface area (Å²) < 4.78 is 0. The van der Waals surface area contributed by atoms with E-state index in [2.05, 4.69) is 31.6 Å². The molecule has 0 bridgehead atoms. The minimum atomic E-state index is -1.44. The van der Waals surface area contributed by atoms with Gasteiger partial charge in [-0.2, -0.15) is 0 Å². The van der Waals surface area contributed by atoms with Crippen LogP contribution in [-0.2, 0) is 35.2 Å². The molecule has 19 nitrogen and oxygen atoms in total. The third-order valence-corrected chi connectivity index (χ3v) is 18.5. The number of aliphatic hydroxyl groups excluding tert-OH is 1. The van der Waals surface area contributed by atoms with Crippen molar-refractivity contribution >= 4 is 63.9 Å². The molecular weight excluding hydrogens is 1020 g/mol. The number of nitrogens with one attached hydrogen (secondary N) is 5. The summed E-state index contributed by atoms with van der Waals surface area (Å²) in [7, 11) is 0. The van der Waals surface area contributed by atoms with Gasteiger partial charge in [-0.15, -0.1) is 0 Å². The first-order valence-electron chi connectivity index (χ1n) is 29.7. The number of aromatic nitrogens is 2. The van der Waals surface area contributed by atoms with Crippen LogP contribution in [0.5, 0.6) is 0 Å². The number of piperidine rings is 1. The fraction of sp³-hybridized carbons (Fsp3) is 0.623. The second-order valence-electron chi connectivity index (χ2n) is 25.1. The Hall–Kier alpha value is -6.63. The van der Waals surface area contributed by atoms with Crippen LogP contribution in [0.2, 0.25) is 0 Å². The van der Waals surface area contributed by atoms with E-state index in [-0.39, 0.29) is 60.1 Å². The van der Waals surface area contributed by atoms with E-state index in [1.54, 1.807) is 23.2 Å². The third-order valence-electron chi connectivity index (χ3n) is 18.5. The summed E-state index contributed by atoms with van der Waals surface area (Å²) in [6.45, 7) is 7.88. The molecule has 3 aliphatic heterocycles. The number of carbonyl (C=O) groups excluding carboxylic acids is 9. The van der Waals surface area contributed by atoms with Gasteiger partial charge >= 0.3 is 0 Å². The van der Waals surface area contributed by atoms with Gasteiger partial charge in [0.1, 0.15) is 29.9 Å². The Balaban J connectivity index is 0.801. The highest BCUT2D eigenvalue weighted by molar-refractivity contribution is 6.27. The number of imide groups is 2. The zero-order valence-electron chi connectivity index (χ0n) is 46.7. The van der Waals surface area contributed by atoms with Crippen LogP contribution in [0.3, 0.4) is 0 Å². The lowest BCUT2D eigenvalue weighted by Crippen LogP contribution is -2.62. The molecule has 0 radical (unpaired) electrons. The fourth-order valence-corrected chi connectivity index (χ4v) is 14.0. The van der Waals surface area contributed by atoms with E-state index in [0.717, 1.165) is 105 Å². The Bertz CT molecular complexity index is 2910. The number of likely N-dealkylation sites (tertiary alicyclic amines) is 1. The molecule has 6 N–H and O–H groups in total. The molecule has 4 heterocycles. The number of aliphatic hydroxyl groups is 1. The number of benzene rings is 2. The van der Waals surface area contributed by atoms with Crippen molar-refractivity contribution in [3.63, 3.8) is 0 Å². The van der Waals surface area contributed by atoms with Crippen LogP contribution >= 0.6 is 0 Å². The van der Waals surface area contributed by atoms with E-state index in [4.69, 9.17) is 4.98 Å². The first kappa shape index (κ1) is 56.6. The highest BCUT2D eigenvalue weighted by Crippen LogP contribution is 2.44. The molecule has 6 fully saturated rings. The summed E-state index contributed by atoms with van der Waals surface area (Å²) in [5, 5.41) is 26.7. The van der Waals surface area contributed by atoms with Crippen LogP contribution in [0.25, 0.3) is 10.8 Å². The molecule has 10 rings (SSSR count). The molecule has 4 saturated carbocycles. The third kappa shape index (κ3) is 11.9. The van der Waals surface area contributed by atoms with Crippen LogP contribution in [-0.4, -0.2) is 127 Å². The van der Waals surface area contributed by atoms with Gasteiger partial charge in [-0.3, -0.25) is 58.4 Å². The zero-order valence-corrected chi connectivity index (χ0v) is 46.7. The van der Waals surface area contributed by atoms with E-state index >= 15 is 4.79 Å². The van der Waals surface area contributed by atoms with E-state index in [1.165, 1.54) is 6.20 Å². The Morgan fingerprint density at radius 2 is 1.56 bits per heavy atom. The molecule has 428 valence electrons. The predicted octanol–water partition coefficient (Wildman–Crippen LogP) is 5.70. The van der Waals surface area contributed by atoms with Crippen molar-refractivity contribution in [3.05, 3.63) is 70.8 Å². The zero-order chi connectivity index (χ0) is 56.6. The lowest BCUT2D eigenvalue weighted by molar-refractivity contribution is -0.146. The van der Waals surface area contributed by atoms with Crippen LogP contribution in [0, 0.1) is 29.1 Å². The summed E-state index contributed by atoms with van der Waals surface area (Å²) in [4.78, 5) is 137. The normalized spacial score (nSPS) is 25.9. The van der Waals surface area contributed by atoms with Crippen LogP contribution in [0.1, 0.15) is 198 Å². The van der Waals surface area contributed by atoms with Gasteiger partial charge in [-0.1, -0.05) is 96.9 Å². The average molecular weight is 1100 g/mol. The second kappa shape index (κ2) is 23.8. The molecule has 0 spiro atoms. The topological polar surface area (TPSA) is 266 Å². The van der Waals surface area contributed by atoms with Gasteiger partial charge in [0.15, 0.2) is 6.10 Å². The molecule has 7 aliphatic rings. The van der Waals surface area contributed by atoms with E-state index in [1.807, 2.05) is 45.9 Å². The summed E-state index contributed by atoms with van der Waals surface area (Å²) in [5.74, 6) is -4.44. The molecule has 2 aromatic carbocycles. The first-order valence-corrected chi connectivity index (χ1v) is 29.7. The standard InChI is InChI=1S/C61H79N9O10/c1-5-12-42(51(72)57(77)64-39-25-26-39)65-56(76)50-40-19-11-18-38(40)32-69(50)60(80)52(61(2,3)4)68-55(75)49(36-14-7-6-8-15-36)67-53(73)44-31-62-43(30-63-44)34-16-9-13-33(21-22-34)29-37-24-23-35-17-10-20-41-47(35)48(37)59(79)70(58(41)78)45-27-28-46(71)66-54(45)74/h10,17,20,23-24,30-31,33-34,36,38-40,42,45,49-52,72H,5-9,11-16,18-19,21-22,25-29,32H2,1-4H3,(H,64,77)(H,65,76)(H,67,73)(H,68,75)(H,66,71,74)/t33?,34?,38-,40-,42-,45?,49-,50-,51?,52+/m0/s1. The summed E-state index contributed by atoms with van der Waals surface area (Å²) in [6, 6.07) is 4.47. The van der Waals surface area contributed by atoms with Crippen LogP contribution in [0.15, 0.2) is 42.7 Å². The molecule has 2 saturated heterocycles. The monoisotopic (exact) mass is 1100 g/mol. The first-order chi connectivity index (χ1) is 38.4. The molecule has 19 heteroatoms. The Morgan fingerprint density at radius 1 is 0.787 bits per heavy atom. The van der Waals surface area contributed by atoms with Crippen LogP contribution < -0.4 is 26.6 Å². The second-order valence-corrected chi connectivity index (χ2v) is 25.1. The SMILES string of the molecule is CCC[C@H](NC(=O)[C@@H]1[C@H]2CCC[C@H]2CN1C(=O)[C@@H](NC(=O)[C@@H](NC(=O)c1cnc(C2CCCC(Cc3ccc4cccc5c4c3C(=O)N(C3CCC(=O)NC3=O)C5=O)CC2)cn1)C1CCCCC1)C(C)(C)C)C(O)C(=O)NC1CC1. The van der Waals surface area contributed by atoms with Crippen molar-refractivity contribution in [2.45, 2.75) is 204 Å². The average Bonchev–Trinajstić information content (AvgIpc) is 4.11. The number of rotatable bonds is 17. The Kier molecular flexibility index (Phi) is 16.9. The van der Waals surface area contributed by atoms with E-state index in [9.17, 15) is 43.5 Å². The van der Waals surface area contributed by atoms with Crippen molar-refractivity contribution in [1.82, 2.24) is 46.4 Å². The molecule has 10 atom stereocenters. The summed E-state index contributed by atoms with van der Waals surface area (Å²) in [6.07, 6.45) is 16.0. The smallest absolute Gasteiger partial charge is 0.272 e. The summed E-state index contributed by atoms with van der Waals surface area (Å²) in [5.41, 5.74) is 1.62.